The van der Waals surface area contributed by atoms with E-state index in [1.54, 1.807) is 24.3 Å². The molecule has 2 N–H and O–H groups in total. The van der Waals surface area contributed by atoms with Crippen molar-refractivity contribution in [2.24, 2.45) is 0 Å². The smallest absolute Gasteiger partial charge is 0.266 e. The number of sulfonamides is 1. The molecule has 0 radical (unpaired) electrons. The van der Waals surface area contributed by atoms with Gasteiger partial charge in [0.2, 0.25) is 11.9 Å². The van der Waals surface area contributed by atoms with Crippen LogP contribution in [-0.4, -0.2) is 80.2 Å². The molecule has 1 unspecified atom stereocenters. The molecular weight excluding hydrogens is 414 g/mol. The summed E-state index contributed by atoms with van der Waals surface area (Å²) in [6, 6.07) is 6.86. The van der Waals surface area contributed by atoms with E-state index in [9.17, 15) is 13.2 Å². The van der Waals surface area contributed by atoms with Gasteiger partial charge in [-0.05, 0) is 58.0 Å². The Morgan fingerprint density at radius 1 is 1.16 bits per heavy atom. The summed E-state index contributed by atoms with van der Waals surface area (Å²) in [6.07, 6.45) is 6.23. The fourth-order valence-corrected chi connectivity index (χ4v) is 5.59. The number of likely N-dealkylation sites (N-methyl/N-ethyl adjacent to an activating group) is 1. The highest BCUT2D eigenvalue weighted by molar-refractivity contribution is 7.89. The Balaban J connectivity index is 1.58. The van der Waals surface area contributed by atoms with Crippen molar-refractivity contribution in [3.05, 3.63) is 29.8 Å². The van der Waals surface area contributed by atoms with E-state index in [1.807, 2.05) is 30.8 Å². The highest BCUT2D eigenvalue weighted by atomic mass is 32.2. The molecule has 31 heavy (non-hydrogen) atoms. The van der Waals surface area contributed by atoms with Crippen LogP contribution in [0.25, 0.3) is 0 Å². The average Bonchev–Trinajstić information content (AvgIpc) is 3.16. The summed E-state index contributed by atoms with van der Waals surface area (Å²) in [5.74, 6) is 0.0768. The van der Waals surface area contributed by atoms with Crippen LogP contribution < -0.4 is 5.32 Å². The lowest BCUT2D eigenvalue weighted by molar-refractivity contribution is -0.124. The Hall–Kier alpha value is -2.13. The van der Waals surface area contributed by atoms with Gasteiger partial charge in [-0.15, -0.1) is 0 Å². The minimum absolute atomic E-state index is 0.0285. The third-order valence-corrected chi connectivity index (χ3v) is 8.25. The first-order valence-corrected chi connectivity index (χ1v) is 12.6. The monoisotopic (exact) mass is 449 g/mol. The molecule has 1 amide bonds. The Morgan fingerprint density at radius 3 is 2.42 bits per heavy atom. The lowest BCUT2D eigenvalue weighted by atomic mass is 9.94. The normalized spacial score (nSPS) is 19.2. The van der Waals surface area contributed by atoms with Crippen LogP contribution in [0.5, 0.6) is 0 Å². The van der Waals surface area contributed by atoms with Crippen LogP contribution >= 0.6 is 0 Å². The van der Waals surface area contributed by atoms with E-state index in [2.05, 4.69) is 5.32 Å². The maximum Gasteiger partial charge on any atom is 0.266 e. The van der Waals surface area contributed by atoms with Crippen LogP contribution in [-0.2, 0) is 21.2 Å². The number of rotatable bonds is 8. The lowest BCUT2D eigenvalue weighted by Gasteiger charge is -2.32. The fourth-order valence-electron chi connectivity index (χ4n) is 4.20. The predicted octanol–water partition coefficient (Wildman–Crippen LogP) is 1.87. The molecule has 0 bridgehead atoms. The van der Waals surface area contributed by atoms with Crippen molar-refractivity contribution in [2.75, 3.05) is 33.7 Å². The molecule has 1 aromatic carbocycles. The number of hydrogen-bond acceptors (Lipinski definition) is 5. The molecular formula is C22H35N5O3S. The van der Waals surface area contributed by atoms with Gasteiger partial charge in [0.05, 0.1) is 17.5 Å². The largest absolute Gasteiger partial charge is 0.354 e. The molecule has 1 saturated carbocycles. The minimum Gasteiger partial charge on any atom is -0.354 e. The van der Waals surface area contributed by atoms with Crippen molar-refractivity contribution >= 4 is 21.9 Å². The van der Waals surface area contributed by atoms with Crippen molar-refractivity contribution in [2.45, 2.75) is 62.4 Å². The Bertz CT molecular complexity index is 879. The molecule has 1 aliphatic heterocycles. The van der Waals surface area contributed by atoms with Gasteiger partial charge in [-0.2, -0.15) is 0 Å². The zero-order chi connectivity index (χ0) is 22.6. The number of hydrogen-bond donors (Lipinski definition) is 2. The summed E-state index contributed by atoms with van der Waals surface area (Å²) >= 11 is 0. The minimum atomic E-state index is -3.74. The summed E-state index contributed by atoms with van der Waals surface area (Å²) in [5.41, 5.74) is 0.956. The van der Waals surface area contributed by atoms with Crippen LogP contribution in [0.15, 0.2) is 29.2 Å². The van der Waals surface area contributed by atoms with Gasteiger partial charge in [0.15, 0.2) is 0 Å². The predicted molar refractivity (Wildman–Crippen MR) is 122 cm³/mol. The van der Waals surface area contributed by atoms with Crippen molar-refractivity contribution in [1.29, 1.82) is 5.41 Å². The number of nitrogens with zero attached hydrogens (tertiary/aromatic N) is 3. The Labute approximate surface area is 186 Å². The Morgan fingerprint density at radius 2 is 1.81 bits per heavy atom. The highest BCUT2D eigenvalue weighted by Gasteiger charge is 2.38. The molecule has 1 aliphatic carbocycles. The van der Waals surface area contributed by atoms with Gasteiger partial charge in [-0.25, -0.2) is 12.7 Å². The van der Waals surface area contributed by atoms with E-state index in [0.717, 1.165) is 31.2 Å². The molecule has 1 atom stereocenters. The molecule has 8 nitrogen and oxygen atoms in total. The summed E-state index contributed by atoms with van der Waals surface area (Å²) in [4.78, 5) is 16.0. The second-order valence-electron chi connectivity index (χ2n) is 8.71. The molecule has 172 valence electrons. The summed E-state index contributed by atoms with van der Waals surface area (Å²) < 4.78 is 27.5. The number of guanidine groups is 1. The fraction of sp³-hybridized carbons (Fsp3) is 0.636. The summed E-state index contributed by atoms with van der Waals surface area (Å²) in [7, 11) is -0.0211. The first kappa shape index (κ1) is 23.5. The molecule has 1 heterocycles. The van der Waals surface area contributed by atoms with Gasteiger partial charge in [-0.1, -0.05) is 31.4 Å². The van der Waals surface area contributed by atoms with Crippen LogP contribution in [0.1, 0.15) is 44.6 Å². The van der Waals surface area contributed by atoms with Crippen LogP contribution in [0.4, 0.5) is 0 Å². The van der Waals surface area contributed by atoms with E-state index in [1.165, 1.54) is 10.7 Å². The standard InChI is InChI=1S/C22H35N5O3S/c1-17(25(2)3)21(28)24-14-13-18-9-11-20(12-10-18)31(29,30)27-16-15-26(22(27)23)19-7-5-4-6-8-19/h9-12,17,19,23H,4-8,13-16H2,1-3H3,(H,24,28). The third kappa shape index (κ3) is 5.38. The quantitative estimate of drug-likeness (QED) is 0.632. The van der Waals surface area contributed by atoms with Gasteiger partial charge in [0, 0.05) is 19.1 Å². The zero-order valence-corrected chi connectivity index (χ0v) is 19.6. The average molecular weight is 450 g/mol. The van der Waals surface area contributed by atoms with Crippen molar-refractivity contribution in [3.8, 4) is 0 Å². The molecule has 1 aromatic rings. The first-order chi connectivity index (χ1) is 14.7. The van der Waals surface area contributed by atoms with Gasteiger partial charge in [0.1, 0.15) is 0 Å². The number of nitrogens with one attached hydrogen (secondary N) is 2. The van der Waals surface area contributed by atoms with E-state index in [4.69, 9.17) is 5.41 Å². The highest BCUT2D eigenvalue weighted by Crippen LogP contribution is 2.28. The van der Waals surface area contributed by atoms with Crippen molar-refractivity contribution < 1.29 is 13.2 Å². The van der Waals surface area contributed by atoms with Crippen molar-refractivity contribution in [3.63, 3.8) is 0 Å². The number of amides is 1. The van der Waals surface area contributed by atoms with E-state index in [0.29, 0.717) is 26.1 Å². The lowest BCUT2D eigenvalue weighted by Crippen LogP contribution is -2.42. The van der Waals surface area contributed by atoms with E-state index >= 15 is 0 Å². The van der Waals surface area contributed by atoms with Gasteiger partial charge >= 0.3 is 0 Å². The number of carbonyl (C=O) groups is 1. The van der Waals surface area contributed by atoms with Crippen LogP contribution in [0.3, 0.4) is 0 Å². The van der Waals surface area contributed by atoms with E-state index < -0.39 is 10.0 Å². The zero-order valence-electron chi connectivity index (χ0n) is 18.8. The molecule has 0 aromatic heterocycles. The first-order valence-electron chi connectivity index (χ1n) is 11.1. The molecule has 3 rings (SSSR count). The van der Waals surface area contributed by atoms with Gasteiger partial charge in [-0.3, -0.25) is 15.1 Å². The molecule has 1 saturated heterocycles. The SMILES string of the molecule is CC(C(=O)NCCc1ccc(S(=O)(=O)N2CCN(C3CCCCC3)C2=N)cc1)N(C)C. The van der Waals surface area contributed by atoms with Crippen LogP contribution in [0, 0.1) is 5.41 Å². The number of benzene rings is 1. The van der Waals surface area contributed by atoms with Crippen LogP contribution in [0.2, 0.25) is 0 Å². The molecule has 0 spiro atoms. The van der Waals surface area contributed by atoms with Gasteiger partial charge < -0.3 is 10.2 Å². The third-order valence-electron chi connectivity index (χ3n) is 6.45. The number of carbonyl (C=O) groups excluding carboxylic acids is 1. The van der Waals surface area contributed by atoms with Gasteiger partial charge in [0.25, 0.3) is 10.0 Å². The summed E-state index contributed by atoms with van der Waals surface area (Å²) in [5, 5.41) is 11.4. The molecule has 9 heteroatoms. The summed E-state index contributed by atoms with van der Waals surface area (Å²) in [6.45, 7) is 3.26. The Kier molecular flexibility index (Phi) is 7.59. The topological polar surface area (TPSA) is 96.8 Å². The van der Waals surface area contributed by atoms with Crippen molar-refractivity contribution in [1.82, 2.24) is 19.4 Å². The maximum atomic E-state index is 13.1. The molecule has 2 fully saturated rings. The second kappa shape index (κ2) is 9.99. The van der Waals surface area contributed by atoms with E-state index in [-0.39, 0.29) is 28.8 Å². The second-order valence-corrected chi connectivity index (χ2v) is 10.6. The molecule has 2 aliphatic rings. The maximum absolute atomic E-state index is 13.1.